The average Bonchev–Trinajstić information content (AvgIpc) is 3.45. The van der Waals surface area contributed by atoms with Gasteiger partial charge in [-0.2, -0.15) is 0 Å². The van der Waals surface area contributed by atoms with Crippen molar-refractivity contribution in [3.63, 3.8) is 0 Å². The third-order valence-corrected chi connectivity index (χ3v) is 8.66. The Bertz CT molecular complexity index is 1580. The third kappa shape index (κ3) is 3.26. The second-order valence-electron chi connectivity index (χ2n) is 10.5. The summed E-state index contributed by atoms with van der Waals surface area (Å²) in [5.41, 5.74) is 7.69. The lowest BCUT2D eigenvalue weighted by atomic mass is 9.84. The lowest BCUT2D eigenvalue weighted by Crippen LogP contribution is -2.33. The predicted molar refractivity (Wildman–Crippen MR) is 148 cm³/mol. The van der Waals surface area contributed by atoms with Crippen molar-refractivity contribution in [2.75, 3.05) is 7.05 Å². The molecule has 3 unspecified atom stereocenters. The van der Waals surface area contributed by atoms with Crippen LogP contribution in [0.2, 0.25) is 0 Å². The van der Waals surface area contributed by atoms with E-state index in [1.54, 1.807) is 0 Å². The van der Waals surface area contributed by atoms with E-state index in [9.17, 15) is 0 Å². The molecule has 0 N–H and O–H groups in total. The molecule has 7 rings (SSSR count). The molecule has 4 atom stereocenters. The third-order valence-electron chi connectivity index (χ3n) is 8.66. The van der Waals surface area contributed by atoms with E-state index in [1.165, 1.54) is 33.0 Å². The van der Waals surface area contributed by atoms with Gasteiger partial charge in [0.25, 0.3) is 0 Å². The number of rotatable bonds is 4. The first-order valence-electron chi connectivity index (χ1n) is 13.2. The van der Waals surface area contributed by atoms with Crippen LogP contribution >= 0.6 is 0 Å². The molecule has 36 heavy (non-hydrogen) atoms. The van der Waals surface area contributed by atoms with Gasteiger partial charge in [-0.05, 0) is 50.0 Å². The van der Waals surface area contributed by atoms with Gasteiger partial charge >= 0.3 is 0 Å². The number of allylic oxidation sites excluding steroid dienone is 4. The Balaban J connectivity index is 1.25. The van der Waals surface area contributed by atoms with Crippen LogP contribution in [-0.4, -0.2) is 35.0 Å². The van der Waals surface area contributed by atoms with Crippen LogP contribution in [0.5, 0.6) is 0 Å². The molecular weight excluding hydrogens is 440 g/mol. The summed E-state index contributed by atoms with van der Waals surface area (Å²) in [5.74, 6) is 0.474. The van der Waals surface area contributed by atoms with E-state index in [0.717, 1.165) is 30.3 Å². The summed E-state index contributed by atoms with van der Waals surface area (Å²) >= 11 is 0. The monoisotopic (exact) mass is 472 g/mol. The van der Waals surface area contributed by atoms with Crippen molar-refractivity contribution in [3.05, 3.63) is 113 Å². The highest BCUT2D eigenvalue weighted by Gasteiger charge is 2.44. The van der Waals surface area contributed by atoms with Crippen LogP contribution in [0, 0.1) is 5.92 Å². The minimum Gasteiger partial charge on any atom is -0.456 e. The lowest BCUT2D eigenvalue weighted by Gasteiger charge is -2.32. The van der Waals surface area contributed by atoms with Crippen molar-refractivity contribution < 1.29 is 4.42 Å². The molecule has 0 spiro atoms. The van der Waals surface area contributed by atoms with Crippen LogP contribution in [0.15, 0.2) is 95.6 Å². The van der Waals surface area contributed by atoms with Crippen molar-refractivity contribution >= 4 is 28.3 Å². The summed E-state index contributed by atoms with van der Waals surface area (Å²) in [4.78, 5) is 4.98. The fourth-order valence-corrected chi connectivity index (χ4v) is 6.74. The summed E-state index contributed by atoms with van der Waals surface area (Å²) in [5, 5.41) is 2.53. The first kappa shape index (κ1) is 21.6. The smallest absolute Gasteiger partial charge is 0.137 e. The van der Waals surface area contributed by atoms with Crippen LogP contribution in [0.1, 0.15) is 30.9 Å². The van der Waals surface area contributed by atoms with Crippen LogP contribution < -0.4 is 10.6 Å². The van der Waals surface area contributed by atoms with E-state index in [-0.39, 0.29) is 6.04 Å². The molecule has 180 valence electrons. The van der Waals surface area contributed by atoms with E-state index in [2.05, 4.69) is 121 Å². The van der Waals surface area contributed by atoms with E-state index in [0.29, 0.717) is 18.0 Å². The first-order chi connectivity index (χ1) is 17.7. The summed E-state index contributed by atoms with van der Waals surface area (Å²) in [6, 6.07) is 18.6. The lowest BCUT2D eigenvalue weighted by molar-refractivity contribution is 0.263. The predicted octanol–water partition coefficient (Wildman–Crippen LogP) is 5.38. The molecule has 1 saturated heterocycles. The molecule has 3 aliphatic heterocycles. The van der Waals surface area contributed by atoms with E-state index >= 15 is 0 Å². The number of para-hydroxylation sites is 1. The quantitative estimate of drug-likeness (QED) is 0.508. The molecular formula is C33H32N2O. The highest BCUT2D eigenvalue weighted by molar-refractivity contribution is 5.81. The van der Waals surface area contributed by atoms with Crippen molar-refractivity contribution in [2.24, 2.45) is 5.92 Å². The maximum Gasteiger partial charge on any atom is 0.137 e. The standard InChI is InChI=1S/C33H32N2O/c1-22-10-9-15-28(34(22)2)24-12-4-3-11-23(24)17-20-29-27-19-18-26-25-13-5-6-16-31(25)36-33(26)32(27)30-14-7-8-21-35(29)30/h3-16,18,21-22,27,29-30H,17,19-20H2,1-2H3/t22?,27?,29-,30?/m0/s1. The summed E-state index contributed by atoms with van der Waals surface area (Å²) in [7, 11) is 2.20. The van der Waals surface area contributed by atoms with Gasteiger partial charge < -0.3 is 14.2 Å². The number of furan rings is 1. The normalized spacial score (nSPS) is 26.1. The number of nitrogens with zero attached hydrogens (tertiary/aromatic N) is 2. The second-order valence-corrected chi connectivity index (χ2v) is 10.5. The Morgan fingerprint density at radius 3 is 2.78 bits per heavy atom. The largest absolute Gasteiger partial charge is 0.456 e. The van der Waals surface area contributed by atoms with Crippen molar-refractivity contribution in [1.82, 2.24) is 9.80 Å². The molecule has 1 aliphatic carbocycles. The molecule has 1 fully saturated rings. The van der Waals surface area contributed by atoms with Crippen LogP contribution in [-0.2, 0) is 6.42 Å². The summed E-state index contributed by atoms with van der Waals surface area (Å²) in [6.07, 6.45) is 21.4. The van der Waals surface area contributed by atoms with Crippen LogP contribution in [0.4, 0.5) is 0 Å². The number of aryl methyl sites for hydroxylation is 1. The van der Waals surface area contributed by atoms with E-state index in [1.807, 2.05) is 0 Å². The van der Waals surface area contributed by atoms with Gasteiger partial charge in [-0.25, -0.2) is 0 Å². The molecule has 3 aromatic rings. The molecule has 0 bridgehead atoms. The minimum absolute atomic E-state index is 0.284. The van der Waals surface area contributed by atoms with Gasteiger partial charge in [-0.3, -0.25) is 0 Å². The zero-order valence-electron chi connectivity index (χ0n) is 21.0. The molecule has 4 aliphatic rings. The molecule has 3 nitrogen and oxygen atoms in total. The molecule has 0 amide bonds. The van der Waals surface area contributed by atoms with E-state index in [4.69, 9.17) is 4.42 Å². The van der Waals surface area contributed by atoms with Gasteiger partial charge in [-0.1, -0.05) is 72.8 Å². The Hall–Kier alpha value is -3.72. The fourth-order valence-electron chi connectivity index (χ4n) is 6.74. The molecule has 0 radical (unpaired) electrons. The molecule has 0 saturated carbocycles. The number of benzene rings is 2. The number of hydrogen-bond acceptors (Lipinski definition) is 3. The molecule has 2 aromatic carbocycles. The van der Waals surface area contributed by atoms with Crippen molar-refractivity contribution in [1.29, 1.82) is 0 Å². The zero-order valence-corrected chi connectivity index (χ0v) is 21.0. The molecule has 1 aromatic heterocycles. The van der Waals surface area contributed by atoms with Gasteiger partial charge in [0.05, 0.1) is 6.04 Å². The van der Waals surface area contributed by atoms with Crippen molar-refractivity contribution in [2.45, 2.75) is 44.3 Å². The van der Waals surface area contributed by atoms with Gasteiger partial charge in [-0.15, -0.1) is 0 Å². The highest BCUT2D eigenvalue weighted by Crippen LogP contribution is 2.43. The number of likely N-dealkylation sites (N-methyl/N-ethyl adjacent to an activating group) is 1. The van der Waals surface area contributed by atoms with Gasteiger partial charge in [0.1, 0.15) is 11.0 Å². The summed E-state index contributed by atoms with van der Waals surface area (Å²) in [6.45, 7) is 2.25. The van der Waals surface area contributed by atoms with Gasteiger partial charge in [0.2, 0.25) is 0 Å². The average molecular weight is 473 g/mol. The second kappa shape index (κ2) is 8.44. The Kier molecular flexibility index (Phi) is 5.06. The van der Waals surface area contributed by atoms with E-state index < -0.39 is 0 Å². The number of hydrogen-bond donors (Lipinski definition) is 0. The fraction of sp³-hybridized carbons (Fsp3) is 0.273. The Labute approximate surface area is 212 Å². The maximum absolute atomic E-state index is 6.51. The van der Waals surface area contributed by atoms with Crippen LogP contribution in [0.25, 0.3) is 28.3 Å². The Morgan fingerprint density at radius 2 is 1.83 bits per heavy atom. The van der Waals surface area contributed by atoms with Crippen LogP contribution in [0.3, 0.4) is 0 Å². The topological polar surface area (TPSA) is 19.6 Å². The Morgan fingerprint density at radius 1 is 0.972 bits per heavy atom. The minimum atomic E-state index is 0.284. The summed E-state index contributed by atoms with van der Waals surface area (Å²) < 4.78 is 6.51. The zero-order chi connectivity index (χ0) is 24.2. The first-order valence-corrected chi connectivity index (χ1v) is 13.2. The van der Waals surface area contributed by atoms with Crippen molar-refractivity contribution in [3.8, 4) is 0 Å². The number of fused-ring (bicyclic) bond motifs is 6. The van der Waals surface area contributed by atoms with Gasteiger partial charge in [0.15, 0.2) is 0 Å². The highest BCUT2D eigenvalue weighted by atomic mass is 16.3. The molecule has 3 heteroatoms. The van der Waals surface area contributed by atoms with Gasteiger partial charge in [0, 0.05) is 58.7 Å². The SMILES string of the molecule is CC1C=CC=C(c2ccccc2CC[C@H]2C3CC=c4c(oc5ccccc45)=C3C3C=CC=CN32)N1C. The maximum atomic E-state index is 6.51. The molecule has 4 heterocycles.